The summed E-state index contributed by atoms with van der Waals surface area (Å²) in [6.07, 6.45) is 3.77. The van der Waals surface area contributed by atoms with E-state index in [1.807, 2.05) is 28.8 Å². The topological polar surface area (TPSA) is 75.1 Å². The molecule has 4 heterocycles. The second-order valence-corrected chi connectivity index (χ2v) is 7.32. The zero-order chi connectivity index (χ0) is 18.4. The van der Waals surface area contributed by atoms with Gasteiger partial charge in [0.25, 0.3) is 5.56 Å². The van der Waals surface area contributed by atoms with Crippen LogP contribution in [0.1, 0.15) is 31.4 Å². The predicted octanol–water partition coefficient (Wildman–Crippen LogP) is 3.52. The first-order valence-electron chi connectivity index (χ1n) is 9.40. The van der Waals surface area contributed by atoms with E-state index in [4.69, 9.17) is 5.10 Å². The molecule has 28 heavy (non-hydrogen) atoms. The van der Waals surface area contributed by atoms with Crippen LogP contribution < -0.4 is 10.9 Å². The molecule has 4 aromatic rings. The molecule has 0 saturated carbocycles. The molecule has 1 aliphatic rings. The summed E-state index contributed by atoms with van der Waals surface area (Å²) in [6.45, 7) is 3.14. The van der Waals surface area contributed by atoms with Crippen molar-refractivity contribution in [2.75, 3.05) is 6.54 Å². The van der Waals surface area contributed by atoms with E-state index >= 15 is 0 Å². The number of fused-ring (bicyclic) bond motifs is 3. The van der Waals surface area contributed by atoms with E-state index in [1.54, 1.807) is 12.3 Å². The predicted molar refractivity (Wildman–Crippen MR) is 113 cm³/mol. The molecular formula is C21H22ClN5O. The van der Waals surface area contributed by atoms with Gasteiger partial charge in [-0.3, -0.25) is 4.79 Å². The van der Waals surface area contributed by atoms with Crippen molar-refractivity contribution in [3.8, 4) is 11.1 Å². The Hall–Kier alpha value is -2.70. The third kappa shape index (κ3) is 3.08. The maximum absolute atomic E-state index is 12.5. The normalized spacial score (nSPS) is 19.6. The van der Waals surface area contributed by atoms with Gasteiger partial charge in [0, 0.05) is 24.2 Å². The molecule has 0 radical (unpaired) electrons. The van der Waals surface area contributed by atoms with Crippen LogP contribution in [0.4, 0.5) is 0 Å². The standard InChI is InChI=1S/C21H21N5O.ClH/c1-13-11-15(7-9-22-13)17-12-18(27)24-21-19-16(14-5-3-2-4-6-14)8-10-23-20(19)25-26(17)21;/h2-6,8,10,12-13,15,22H,7,9,11H2,1H3,(H,24,27);1H. The van der Waals surface area contributed by atoms with Gasteiger partial charge in [-0.2, -0.15) is 0 Å². The minimum absolute atomic E-state index is 0. The van der Waals surface area contributed by atoms with E-state index in [9.17, 15) is 4.79 Å². The van der Waals surface area contributed by atoms with Gasteiger partial charge in [-0.05, 0) is 43.5 Å². The molecule has 2 atom stereocenters. The quantitative estimate of drug-likeness (QED) is 0.544. The summed E-state index contributed by atoms with van der Waals surface area (Å²) in [6, 6.07) is 14.3. The highest BCUT2D eigenvalue weighted by molar-refractivity contribution is 6.02. The second kappa shape index (κ2) is 7.37. The summed E-state index contributed by atoms with van der Waals surface area (Å²) >= 11 is 0. The van der Waals surface area contributed by atoms with Crippen molar-refractivity contribution in [1.29, 1.82) is 0 Å². The number of H-pyrrole nitrogens is 1. The Kier molecular flexibility index (Phi) is 4.91. The summed E-state index contributed by atoms with van der Waals surface area (Å²) in [4.78, 5) is 20.0. The molecule has 2 N–H and O–H groups in total. The number of nitrogens with one attached hydrogen (secondary N) is 2. The summed E-state index contributed by atoms with van der Waals surface area (Å²) < 4.78 is 1.90. The number of aromatic nitrogens is 4. The Bertz CT molecular complexity index is 1180. The highest BCUT2D eigenvalue weighted by atomic mass is 35.5. The monoisotopic (exact) mass is 395 g/mol. The molecule has 5 rings (SSSR count). The molecule has 6 nitrogen and oxygen atoms in total. The van der Waals surface area contributed by atoms with E-state index in [0.29, 0.717) is 17.6 Å². The second-order valence-electron chi connectivity index (χ2n) is 7.32. The third-order valence-electron chi connectivity index (χ3n) is 5.47. The van der Waals surface area contributed by atoms with Crippen LogP contribution in [0.3, 0.4) is 0 Å². The van der Waals surface area contributed by atoms with Crippen LogP contribution in [-0.4, -0.2) is 32.2 Å². The van der Waals surface area contributed by atoms with Gasteiger partial charge in [0.15, 0.2) is 5.65 Å². The third-order valence-corrected chi connectivity index (χ3v) is 5.47. The van der Waals surface area contributed by atoms with E-state index in [2.05, 4.69) is 34.3 Å². The molecule has 7 heteroatoms. The fourth-order valence-electron chi connectivity index (χ4n) is 4.21. The van der Waals surface area contributed by atoms with Crippen LogP contribution in [-0.2, 0) is 0 Å². The maximum Gasteiger partial charge on any atom is 0.251 e. The number of hydrogen-bond acceptors (Lipinski definition) is 4. The van der Waals surface area contributed by atoms with E-state index in [1.165, 1.54) is 0 Å². The minimum atomic E-state index is -0.0895. The molecule has 2 unspecified atom stereocenters. The fourth-order valence-corrected chi connectivity index (χ4v) is 4.21. The summed E-state index contributed by atoms with van der Waals surface area (Å²) in [7, 11) is 0. The lowest BCUT2D eigenvalue weighted by molar-refractivity contribution is 0.372. The van der Waals surface area contributed by atoms with Gasteiger partial charge in [0.2, 0.25) is 0 Å². The number of nitrogens with zero attached hydrogens (tertiary/aromatic N) is 3. The number of aromatic amines is 1. The van der Waals surface area contributed by atoms with Crippen LogP contribution in [0.5, 0.6) is 0 Å². The zero-order valence-electron chi connectivity index (χ0n) is 15.6. The van der Waals surface area contributed by atoms with Gasteiger partial charge < -0.3 is 10.3 Å². The molecule has 1 saturated heterocycles. The van der Waals surface area contributed by atoms with E-state index < -0.39 is 0 Å². The Morgan fingerprint density at radius 3 is 2.79 bits per heavy atom. The van der Waals surface area contributed by atoms with Crippen LogP contribution in [0.25, 0.3) is 27.8 Å². The Labute approximate surface area is 168 Å². The van der Waals surface area contributed by atoms with Crippen LogP contribution in [0.15, 0.2) is 53.5 Å². The number of halogens is 1. The lowest BCUT2D eigenvalue weighted by Gasteiger charge is -2.28. The summed E-state index contributed by atoms with van der Waals surface area (Å²) in [5.74, 6) is 0.306. The average molecular weight is 396 g/mol. The molecule has 0 aliphatic carbocycles. The minimum Gasteiger partial charge on any atom is -0.314 e. The van der Waals surface area contributed by atoms with Crippen molar-refractivity contribution in [3.63, 3.8) is 0 Å². The molecule has 0 spiro atoms. The maximum atomic E-state index is 12.5. The molecule has 1 aromatic carbocycles. The summed E-state index contributed by atoms with van der Waals surface area (Å²) in [5.41, 5.74) is 4.38. The van der Waals surface area contributed by atoms with Gasteiger partial charge in [0.1, 0.15) is 5.65 Å². The molecule has 1 fully saturated rings. The average Bonchev–Trinajstić information content (AvgIpc) is 3.06. The Balaban J connectivity index is 0.00000192. The van der Waals surface area contributed by atoms with Crippen molar-refractivity contribution >= 4 is 29.1 Å². The SMILES string of the molecule is CC1CC(c2cc(=O)[nH]c3c4c(-c5ccccc5)ccnc4nn23)CCN1.Cl. The number of rotatable bonds is 2. The smallest absolute Gasteiger partial charge is 0.251 e. The Morgan fingerprint density at radius 2 is 2.00 bits per heavy atom. The molecule has 144 valence electrons. The first kappa shape index (κ1) is 18.7. The number of pyridine rings is 1. The molecular weight excluding hydrogens is 374 g/mol. The fraction of sp³-hybridized carbons (Fsp3) is 0.286. The first-order valence-corrected chi connectivity index (χ1v) is 9.40. The number of benzene rings is 1. The lowest BCUT2D eigenvalue weighted by Crippen LogP contribution is -2.35. The van der Waals surface area contributed by atoms with Gasteiger partial charge >= 0.3 is 0 Å². The van der Waals surface area contributed by atoms with Gasteiger partial charge in [-0.15, -0.1) is 17.5 Å². The number of hydrogen-bond donors (Lipinski definition) is 2. The molecule has 1 aliphatic heterocycles. The Morgan fingerprint density at radius 1 is 1.18 bits per heavy atom. The van der Waals surface area contributed by atoms with Gasteiger partial charge in [-0.25, -0.2) is 9.50 Å². The largest absolute Gasteiger partial charge is 0.314 e. The van der Waals surface area contributed by atoms with Crippen LogP contribution in [0, 0.1) is 0 Å². The first-order chi connectivity index (χ1) is 13.2. The van der Waals surface area contributed by atoms with Crippen molar-refractivity contribution in [2.24, 2.45) is 0 Å². The van der Waals surface area contributed by atoms with E-state index in [-0.39, 0.29) is 18.0 Å². The number of piperidine rings is 1. The van der Waals surface area contributed by atoms with Crippen molar-refractivity contribution < 1.29 is 0 Å². The molecule has 0 bridgehead atoms. The van der Waals surface area contributed by atoms with Crippen molar-refractivity contribution in [1.82, 2.24) is 24.9 Å². The van der Waals surface area contributed by atoms with Crippen LogP contribution >= 0.6 is 12.4 Å². The van der Waals surface area contributed by atoms with Crippen molar-refractivity contribution in [3.05, 3.63) is 64.7 Å². The van der Waals surface area contributed by atoms with E-state index in [0.717, 1.165) is 47.2 Å². The molecule has 3 aromatic heterocycles. The van der Waals surface area contributed by atoms with Crippen LogP contribution in [0.2, 0.25) is 0 Å². The highest BCUT2D eigenvalue weighted by Crippen LogP contribution is 2.32. The van der Waals surface area contributed by atoms with Crippen molar-refractivity contribution in [2.45, 2.75) is 31.7 Å². The highest BCUT2D eigenvalue weighted by Gasteiger charge is 2.24. The van der Waals surface area contributed by atoms with Gasteiger partial charge in [-0.1, -0.05) is 30.3 Å². The summed E-state index contributed by atoms with van der Waals surface area (Å²) in [5, 5.41) is 9.12. The van der Waals surface area contributed by atoms with Gasteiger partial charge in [0.05, 0.1) is 11.1 Å². The zero-order valence-corrected chi connectivity index (χ0v) is 16.4. The molecule has 0 amide bonds. The lowest BCUT2D eigenvalue weighted by atomic mass is 9.90.